The molecule has 7 nitrogen and oxygen atoms in total. The predicted molar refractivity (Wildman–Crippen MR) is 97.7 cm³/mol. The van der Waals surface area contributed by atoms with Crippen LogP contribution in [0.2, 0.25) is 0 Å². The van der Waals surface area contributed by atoms with Gasteiger partial charge in [0, 0.05) is 37.7 Å². The van der Waals surface area contributed by atoms with Gasteiger partial charge >= 0.3 is 0 Å². The molecule has 3 aromatic rings. The molecule has 0 atom stereocenters. The van der Waals surface area contributed by atoms with Crippen molar-refractivity contribution in [3.05, 3.63) is 30.8 Å². The van der Waals surface area contributed by atoms with Gasteiger partial charge in [0.2, 0.25) is 0 Å². The van der Waals surface area contributed by atoms with Gasteiger partial charge in [-0.05, 0) is 18.9 Å². The quantitative estimate of drug-likeness (QED) is 0.627. The minimum Gasteiger partial charge on any atom is -0.496 e. The van der Waals surface area contributed by atoms with Crippen LogP contribution in [0.4, 0.5) is 5.82 Å². The van der Waals surface area contributed by atoms with Crippen LogP contribution >= 0.6 is 0 Å². The lowest BCUT2D eigenvalue weighted by molar-refractivity contribution is 0.0522. The van der Waals surface area contributed by atoms with Crippen LogP contribution in [0.25, 0.3) is 22.2 Å². The number of nitrogens with zero attached hydrogens (tertiary/aromatic N) is 3. The summed E-state index contributed by atoms with van der Waals surface area (Å²) in [6.07, 6.45) is 5.42. The highest BCUT2D eigenvalue weighted by Crippen LogP contribution is 2.38. The number of ether oxygens (including phenoxy) is 3. The number of hydrogen-bond acceptors (Lipinski definition) is 7. The Kier molecular flexibility index (Phi) is 4.62. The average Bonchev–Trinajstić information content (AvgIpc) is 3.38. The first-order chi connectivity index (χ1) is 12.8. The van der Waals surface area contributed by atoms with Crippen molar-refractivity contribution in [3.8, 4) is 22.8 Å². The maximum atomic E-state index is 5.84. The number of aromatic nitrogens is 2. The monoisotopic (exact) mass is 355 g/mol. The van der Waals surface area contributed by atoms with Gasteiger partial charge in [-0.1, -0.05) is 0 Å². The number of rotatable bonds is 6. The summed E-state index contributed by atoms with van der Waals surface area (Å²) in [6.45, 7) is 2.19. The van der Waals surface area contributed by atoms with E-state index in [1.54, 1.807) is 20.4 Å². The van der Waals surface area contributed by atoms with Gasteiger partial charge < -0.3 is 23.5 Å². The van der Waals surface area contributed by atoms with Crippen LogP contribution in [0.1, 0.15) is 12.8 Å². The summed E-state index contributed by atoms with van der Waals surface area (Å²) in [5, 5.41) is 0.872. The predicted octanol–water partition coefficient (Wildman–Crippen LogP) is 3.48. The van der Waals surface area contributed by atoms with E-state index in [2.05, 4.69) is 9.88 Å². The molecule has 1 saturated heterocycles. The van der Waals surface area contributed by atoms with E-state index in [1.807, 2.05) is 18.2 Å². The molecule has 1 fully saturated rings. The first-order valence-electron chi connectivity index (χ1n) is 8.58. The average molecular weight is 355 g/mol. The van der Waals surface area contributed by atoms with E-state index < -0.39 is 0 Å². The number of fused-ring (bicyclic) bond motifs is 1. The summed E-state index contributed by atoms with van der Waals surface area (Å²) in [6, 6.07) is 5.84. The Hall–Kier alpha value is -2.80. The van der Waals surface area contributed by atoms with Crippen LogP contribution in [0.3, 0.4) is 0 Å². The fourth-order valence-electron chi connectivity index (χ4n) is 3.27. The molecular weight excluding hydrogens is 334 g/mol. The molecule has 4 rings (SSSR count). The highest BCUT2D eigenvalue weighted by molar-refractivity contribution is 5.93. The van der Waals surface area contributed by atoms with Crippen molar-refractivity contribution in [3.63, 3.8) is 0 Å². The standard InChI is InChI=1S/C19H21N3O4/c1-23-12-26-17-9-19(22-5-3-4-6-22)21-15-8-16(24-2)14(7-13(15)17)18-10-20-11-25-18/h7-11H,3-6,12H2,1-2H3. The molecule has 1 aliphatic rings. The van der Waals surface area contributed by atoms with Gasteiger partial charge in [0.25, 0.3) is 0 Å². The summed E-state index contributed by atoms with van der Waals surface area (Å²) >= 11 is 0. The normalized spacial score (nSPS) is 14.2. The Morgan fingerprint density at radius 3 is 2.65 bits per heavy atom. The van der Waals surface area contributed by atoms with Crippen molar-refractivity contribution in [1.82, 2.24) is 9.97 Å². The zero-order valence-electron chi connectivity index (χ0n) is 14.9. The first-order valence-corrected chi connectivity index (χ1v) is 8.58. The van der Waals surface area contributed by atoms with Crippen LogP contribution in [0.15, 0.2) is 35.2 Å². The van der Waals surface area contributed by atoms with Crippen molar-refractivity contribution in [1.29, 1.82) is 0 Å². The van der Waals surface area contributed by atoms with E-state index in [4.69, 9.17) is 23.6 Å². The van der Waals surface area contributed by atoms with Crippen LogP contribution in [-0.2, 0) is 4.74 Å². The Labute approximate surface area is 151 Å². The Morgan fingerprint density at radius 2 is 1.96 bits per heavy atom. The fourth-order valence-corrected chi connectivity index (χ4v) is 3.27. The van der Waals surface area contributed by atoms with E-state index in [9.17, 15) is 0 Å². The highest BCUT2D eigenvalue weighted by atomic mass is 16.7. The molecule has 0 bridgehead atoms. The van der Waals surface area contributed by atoms with Crippen molar-refractivity contribution < 1.29 is 18.6 Å². The maximum Gasteiger partial charge on any atom is 0.188 e. The van der Waals surface area contributed by atoms with Crippen molar-refractivity contribution in [2.75, 3.05) is 39.0 Å². The van der Waals surface area contributed by atoms with Gasteiger partial charge in [-0.3, -0.25) is 0 Å². The van der Waals surface area contributed by atoms with Gasteiger partial charge in [-0.2, -0.15) is 0 Å². The molecule has 2 aromatic heterocycles. The molecular formula is C19H21N3O4. The number of methoxy groups -OCH3 is 2. The summed E-state index contributed by atoms with van der Waals surface area (Å²) in [5.74, 6) is 2.95. The van der Waals surface area contributed by atoms with E-state index in [0.717, 1.165) is 41.1 Å². The molecule has 7 heteroatoms. The van der Waals surface area contributed by atoms with Crippen LogP contribution in [0, 0.1) is 0 Å². The van der Waals surface area contributed by atoms with E-state index >= 15 is 0 Å². The maximum absolute atomic E-state index is 5.84. The molecule has 0 N–H and O–H groups in total. The molecule has 0 spiro atoms. The second-order valence-electron chi connectivity index (χ2n) is 6.16. The Morgan fingerprint density at radius 1 is 1.12 bits per heavy atom. The third kappa shape index (κ3) is 3.06. The first kappa shape index (κ1) is 16.7. The lowest BCUT2D eigenvalue weighted by Crippen LogP contribution is -2.19. The van der Waals surface area contributed by atoms with E-state index in [-0.39, 0.29) is 6.79 Å². The fraction of sp³-hybridized carbons (Fsp3) is 0.368. The number of pyridine rings is 1. The molecule has 26 heavy (non-hydrogen) atoms. The molecule has 136 valence electrons. The summed E-state index contributed by atoms with van der Waals surface area (Å²) < 4.78 is 21.9. The van der Waals surface area contributed by atoms with Gasteiger partial charge in [0.15, 0.2) is 18.9 Å². The molecule has 0 unspecified atom stereocenters. The molecule has 1 aliphatic heterocycles. The lowest BCUT2D eigenvalue weighted by atomic mass is 10.1. The third-order valence-electron chi connectivity index (χ3n) is 4.54. The molecule has 1 aromatic carbocycles. The Bertz CT molecular complexity index is 889. The number of anilines is 1. The second-order valence-corrected chi connectivity index (χ2v) is 6.16. The Balaban J connectivity index is 1.88. The molecule has 3 heterocycles. The topological polar surface area (TPSA) is 69.9 Å². The van der Waals surface area contributed by atoms with Crippen molar-refractivity contribution >= 4 is 16.7 Å². The van der Waals surface area contributed by atoms with Crippen molar-refractivity contribution in [2.45, 2.75) is 12.8 Å². The van der Waals surface area contributed by atoms with E-state index in [1.165, 1.54) is 19.2 Å². The zero-order valence-corrected chi connectivity index (χ0v) is 14.9. The molecule has 0 amide bonds. The largest absolute Gasteiger partial charge is 0.496 e. The second kappa shape index (κ2) is 7.21. The highest BCUT2D eigenvalue weighted by Gasteiger charge is 2.19. The number of hydrogen-bond donors (Lipinski definition) is 0. The van der Waals surface area contributed by atoms with Gasteiger partial charge in [0.05, 0.1) is 24.4 Å². The number of benzene rings is 1. The molecule has 0 aliphatic carbocycles. The number of oxazole rings is 1. The van der Waals surface area contributed by atoms with Gasteiger partial charge in [-0.25, -0.2) is 9.97 Å². The summed E-state index contributed by atoms with van der Waals surface area (Å²) in [5.41, 5.74) is 1.61. The molecule has 0 saturated carbocycles. The minimum absolute atomic E-state index is 0.169. The van der Waals surface area contributed by atoms with Crippen LogP contribution in [0.5, 0.6) is 11.5 Å². The SMILES string of the molecule is COCOc1cc(N2CCCC2)nc2cc(OC)c(-c3cnco3)cc12. The van der Waals surface area contributed by atoms with E-state index in [0.29, 0.717) is 11.5 Å². The smallest absolute Gasteiger partial charge is 0.188 e. The minimum atomic E-state index is 0.169. The van der Waals surface area contributed by atoms with Gasteiger partial charge in [0.1, 0.15) is 17.3 Å². The summed E-state index contributed by atoms with van der Waals surface area (Å²) in [4.78, 5) is 11.1. The van der Waals surface area contributed by atoms with Crippen LogP contribution < -0.4 is 14.4 Å². The van der Waals surface area contributed by atoms with Gasteiger partial charge in [-0.15, -0.1) is 0 Å². The zero-order chi connectivity index (χ0) is 17.9. The molecule has 0 radical (unpaired) electrons. The third-order valence-corrected chi connectivity index (χ3v) is 4.54. The van der Waals surface area contributed by atoms with Crippen molar-refractivity contribution in [2.24, 2.45) is 0 Å². The lowest BCUT2D eigenvalue weighted by Gasteiger charge is -2.19. The summed E-state index contributed by atoms with van der Waals surface area (Å²) in [7, 11) is 3.24. The van der Waals surface area contributed by atoms with Crippen LogP contribution in [-0.4, -0.2) is 44.1 Å².